The van der Waals surface area contributed by atoms with Crippen LogP contribution in [-0.4, -0.2) is 17.6 Å². The van der Waals surface area contributed by atoms with Crippen LogP contribution >= 0.6 is 0 Å². The Balaban J connectivity index is 2.46. The van der Waals surface area contributed by atoms with Gasteiger partial charge in [0, 0.05) is 0 Å². The van der Waals surface area contributed by atoms with Crippen molar-refractivity contribution in [3.8, 4) is 11.3 Å². The first-order valence-corrected chi connectivity index (χ1v) is 5.85. The van der Waals surface area contributed by atoms with Gasteiger partial charge in [0.05, 0.1) is 18.0 Å². The lowest BCUT2D eigenvalue weighted by molar-refractivity contribution is 0.0521. The second-order valence-corrected chi connectivity index (χ2v) is 4.00. The molecule has 4 heteroatoms. The summed E-state index contributed by atoms with van der Waals surface area (Å²) >= 11 is 0. The van der Waals surface area contributed by atoms with Crippen LogP contribution in [0.15, 0.2) is 30.3 Å². The van der Waals surface area contributed by atoms with Gasteiger partial charge < -0.3 is 15.5 Å². The number of esters is 1. The van der Waals surface area contributed by atoms with Gasteiger partial charge in [0.25, 0.3) is 0 Å². The third-order valence-corrected chi connectivity index (χ3v) is 2.84. The molecular formula is C14H16N2O2. The molecule has 0 fully saturated rings. The van der Waals surface area contributed by atoms with E-state index in [-0.39, 0.29) is 0 Å². The lowest BCUT2D eigenvalue weighted by Gasteiger charge is -2.00. The van der Waals surface area contributed by atoms with Gasteiger partial charge in [-0.25, -0.2) is 4.79 Å². The molecule has 3 N–H and O–H groups in total. The second-order valence-electron chi connectivity index (χ2n) is 4.00. The van der Waals surface area contributed by atoms with Gasteiger partial charge in [-0.15, -0.1) is 0 Å². The molecule has 0 aliphatic rings. The smallest absolute Gasteiger partial charge is 0.356 e. The van der Waals surface area contributed by atoms with Gasteiger partial charge in [-0.1, -0.05) is 30.3 Å². The van der Waals surface area contributed by atoms with Crippen LogP contribution in [0.1, 0.15) is 23.0 Å². The summed E-state index contributed by atoms with van der Waals surface area (Å²) in [5.74, 6) is -0.416. The number of nitrogen functional groups attached to an aromatic ring is 1. The predicted molar refractivity (Wildman–Crippen MR) is 71.3 cm³/mol. The molecule has 0 saturated carbocycles. The molecule has 0 radical (unpaired) electrons. The topological polar surface area (TPSA) is 68.1 Å². The number of carbonyl (C=O) groups is 1. The SMILES string of the molecule is CCOC(=O)c1[nH]c(-c2ccccc2)c(C)c1N. The summed E-state index contributed by atoms with van der Waals surface area (Å²) in [5.41, 5.74) is 9.44. The molecular weight excluding hydrogens is 228 g/mol. The first kappa shape index (κ1) is 12.2. The zero-order chi connectivity index (χ0) is 13.1. The first-order valence-electron chi connectivity index (χ1n) is 5.85. The number of carbonyl (C=O) groups excluding carboxylic acids is 1. The number of benzene rings is 1. The minimum Gasteiger partial charge on any atom is -0.461 e. The number of aromatic nitrogens is 1. The van der Waals surface area contributed by atoms with Crippen LogP contribution in [-0.2, 0) is 4.74 Å². The number of ether oxygens (including phenoxy) is 1. The summed E-state index contributed by atoms with van der Waals surface area (Å²) in [6.07, 6.45) is 0. The third kappa shape index (κ3) is 2.09. The molecule has 1 aromatic heterocycles. The Hall–Kier alpha value is -2.23. The van der Waals surface area contributed by atoms with Gasteiger partial charge in [0.15, 0.2) is 0 Å². The Bertz CT molecular complexity index is 559. The summed E-state index contributed by atoms with van der Waals surface area (Å²) in [7, 11) is 0. The monoisotopic (exact) mass is 244 g/mol. The number of hydrogen-bond acceptors (Lipinski definition) is 3. The van der Waals surface area contributed by atoms with Crippen molar-refractivity contribution in [2.24, 2.45) is 0 Å². The molecule has 94 valence electrons. The van der Waals surface area contributed by atoms with Crippen LogP contribution in [0.25, 0.3) is 11.3 Å². The molecule has 18 heavy (non-hydrogen) atoms. The molecule has 2 rings (SSSR count). The lowest BCUT2D eigenvalue weighted by atomic mass is 10.1. The van der Waals surface area contributed by atoms with Crippen LogP contribution < -0.4 is 5.73 Å². The van der Waals surface area contributed by atoms with Crippen molar-refractivity contribution >= 4 is 11.7 Å². The van der Waals surface area contributed by atoms with E-state index in [2.05, 4.69) is 4.98 Å². The number of nitrogens with one attached hydrogen (secondary N) is 1. The number of hydrogen-bond donors (Lipinski definition) is 2. The standard InChI is InChI=1S/C14H16N2O2/c1-3-18-14(17)13-11(15)9(2)12(16-13)10-7-5-4-6-8-10/h4-8,16H,3,15H2,1-2H3. The first-order chi connectivity index (χ1) is 8.65. The van der Waals surface area contributed by atoms with E-state index in [1.165, 1.54) is 0 Å². The van der Waals surface area contributed by atoms with E-state index in [1.807, 2.05) is 37.3 Å². The average molecular weight is 244 g/mol. The highest BCUT2D eigenvalue weighted by atomic mass is 16.5. The van der Waals surface area contributed by atoms with E-state index in [0.29, 0.717) is 18.0 Å². The van der Waals surface area contributed by atoms with Gasteiger partial charge in [-0.3, -0.25) is 0 Å². The van der Waals surface area contributed by atoms with E-state index in [9.17, 15) is 4.79 Å². The van der Waals surface area contributed by atoms with Crippen molar-refractivity contribution in [2.45, 2.75) is 13.8 Å². The molecule has 0 aliphatic carbocycles. The van der Waals surface area contributed by atoms with E-state index in [0.717, 1.165) is 16.8 Å². The number of anilines is 1. The Morgan fingerprint density at radius 2 is 2.00 bits per heavy atom. The molecule has 0 unspecified atom stereocenters. The Morgan fingerprint density at radius 3 is 2.61 bits per heavy atom. The molecule has 0 bridgehead atoms. The van der Waals surface area contributed by atoms with Crippen LogP contribution in [0.4, 0.5) is 5.69 Å². The molecule has 0 amide bonds. The summed E-state index contributed by atoms with van der Waals surface area (Å²) in [5, 5.41) is 0. The quantitative estimate of drug-likeness (QED) is 0.816. The number of H-pyrrole nitrogens is 1. The van der Waals surface area contributed by atoms with Crippen molar-refractivity contribution in [2.75, 3.05) is 12.3 Å². The molecule has 0 aliphatic heterocycles. The highest BCUT2D eigenvalue weighted by molar-refractivity contribution is 5.96. The van der Waals surface area contributed by atoms with Crippen molar-refractivity contribution < 1.29 is 9.53 Å². The minimum atomic E-state index is -0.416. The highest BCUT2D eigenvalue weighted by Crippen LogP contribution is 2.29. The number of nitrogens with two attached hydrogens (primary N) is 1. The molecule has 2 aromatic rings. The minimum absolute atomic E-state index is 0.327. The number of rotatable bonds is 3. The van der Waals surface area contributed by atoms with Gasteiger partial charge in [0.2, 0.25) is 0 Å². The summed E-state index contributed by atoms with van der Waals surface area (Å²) in [6, 6.07) is 9.75. The Labute approximate surface area is 106 Å². The fraction of sp³-hybridized carbons (Fsp3) is 0.214. The maximum atomic E-state index is 11.7. The average Bonchev–Trinajstić information content (AvgIpc) is 2.68. The van der Waals surface area contributed by atoms with Gasteiger partial charge >= 0.3 is 5.97 Å². The fourth-order valence-electron chi connectivity index (χ4n) is 1.87. The van der Waals surface area contributed by atoms with Gasteiger partial charge in [-0.05, 0) is 25.0 Å². The van der Waals surface area contributed by atoms with Gasteiger partial charge in [-0.2, -0.15) is 0 Å². The van der Waals surface area contributed by atoms with Gasteiger partial charge in [0.1, 0.15) is 5.69 Å². The molecule has 1 aromatic carbocycles. The van der Waals surface area contributed by atoms with E-state index in [4.69, 9.17) is 10.5 Å². The normalized spacial score (nSPS) is 10.3. The summed E-state index contributed by atoms with van der Waals surface area (Å²) in [6.45, 7) is 3.98. The second kappa shape index (κ2) is 4.96. The van der Waals surface area contributed by atoms with Crippen molar-refractivity contribution in [1.82, 2.24) is 4.98 Å². The Morgan fingerprint density at radius 1 is 1.33 bits per heavy atom. The fourth-order valence-corrected chi connectivity index (χ4v) is 1.87. The van der Waals surface area contributed by atoms with Crippen LogP contribution in [0.3, 0.4) is 0 Å². The van der Waals surface area contributed by atoms with E-state index in [1.54, 1.807) is 6.92 Å². The van der Waals surface area contributed by atoms with Crippen LogP contribution in [0.5, 0.6) is 0 Å². The molecule has 1 heterocycles. The predicted octanol–water partition coefficient (Wildman–Crippen LogP) is 2.75. The third-order valence-electron chi connectivity index (χ3n) is 2.84. The molecule has 0 atom stereocenters. The maximum absolute atomic E-state index is 11.7. The Kier molecular flexibility index (Phi) is 3.37. The molecule has 0 saturated heterocycles. The lowest BCUT2D eigenvalue weighted by Crippen LogP contribution is -2.07. The van der Waals surface area contributed by atoms with Crippen molar-refractivity contribution in [3.05, 3.63) is 41.6 Å². The number of aromatic amines is 1. The summed E-state index contributed by atoms with van der Waals surface area (Å²) in [4.78, 5) is 14.8. The zero-order valence-electron chi connectivity index (χ0n) is 10.5. The van der Waals surface area contributed by atoms with E-state index < -0.39 is 5.97 Å². The highest BCUT2D eigenvalue weighted by Gasteiger charge is 2.19. The van der Waals surface area contributed by atoms with Crippen LogP contribution in [0, 0.1) is 6.92 Å². The summed E-state index contributed by atoms with van der Waals surface area (Å²) < 4.78 is 4.96. The zero-order valence-corrected chi connectivity index (χ0v) is 10.5. The van der Waals surface area contributed by atoms with Crippen molar-refractivity contribution in [3.63, 3.8) is 0 Å². The van der Waals surface area contributed by atoms with Crippen molar-refractivity contribution in [1.29, 1.82) is 0 Å². The largest absolute Gasteiger partial charge is 0.461 e. The van der Waals surface area contributed by atoms with E-state index >= 15 is 0 Å². The molecule has 0 spiro atoms. The maximum Gasteiger partial charge on any atom is 0.356 e. The molecule has 4 nitrogen and oxygen atoms in total. The van der Waals surface area contributed by atoms with Crippen LogP contribution in [0.2, 0.25) is 0 Å².